The van der Waals surface area contributed by atoms with Crippen LogP contribution >= 0.6 is 24.0 Å². The van der Waals surface area contributed by atoms with Crippen molar-refractivity contribution in [2.24, 2.45) is 4.99 Å². The second-order valence-corrected chi connectivity index (χ2v) is 6.08. The Labute approximate surface area is 177 Å². The van der Waals surface area contributed by atoms with E-state index in [-0.39, 0.29) is 24.0 Å². The lowest BCUT2D eigenvalue weighted by Crippen LogP contribution is -2.38. The molecule has 0 saturated heterocycles. The Morgan fingerprint density at radius 2 is 1.89 bits per heavy atom. The van der Waals surface area contributed by atoms with Gasteiger partial charge in [-0.2, -0.15) is 5.10 Å². The highest BCUT2D eigenvalue weighted by molar-refractivity contribution is 14.0. The predicted molar refractivity (Wildman–Crippen MR) is 119 cm³/mol. The second-order valence-electron chi connectivity index (χ2n) is 6.08. The summed E-state index contributed by atoms with van der Waals surface area (Å²) in [4.78, 5) is 4.28. The van der Waals surface area contributed by atoms with E-state index in [1.807, 2.05) is 41.9 Å². The van der Waals surface area contributed by atoms with Gasteiger partial charge in [0.05, 0.1) is 17.6 Å². The minimum absolute atomic E-state index is 0. The van der Waals surface area contributed by atoms with Gasteiger partial charge >= 0.3 is 0 Å². The van der Waals surface area contributed by atoms with Crippen molar-refractivity contribution in [1.82, 2.24) is 20.4 Å². The highest BCUT2D eigenvalue weighted by atomic mass is 127. The van der Waals surface area contributed by atoms with Gasteiger partial charge < -0.3 is 15.1 Å². The monoisotopic (exact) mass is 479 g/mol. The standard InChI is InChI=1S/C20H25N5O.HI/c1-15-19(16(2)25(24-15)17-8-5-4-6-9-17)14-23-20(21-3)22-12-11-18-10-7-13-26-18;/h4-10,13H,11-12,14H2,1-3H3,(H2,21,22,23);1H. The Morgan fingerprint density at radius 1 is 1.11 bits per heavy atom. The summed E-state index contributed by atoms with van der Waals surface area (Å²) in [6, 6.07) is 14.1. The largest absolute Gasteiger partial charge is 0.469 e. The lowest BCUT2D eigenvalue weighted by Gasteiger charge is -2.12. The smallest absolute Gasteiger partial charge is 0.191 e. The molecule has 3 aromatic rings. The maximum atomic E-state index is 5.34. The van der Waals surface area contributed by atoms with Crippen LogP contribution in [0.4, 0.5) is 0 Å². The van der Waals surface area contributed by atoms with Gasteiger partial charge in [0.1, 0.15) is 5.76 Å². The number of guanidine groups is 1. The van der Waals surface area contributed by atoms with Gasteiger partial charge in [-0.15, -0.1) is 24.0 Å². The molecular formula is C20H26IN5O. The number of halogens is 1. The van der Waals surface area contributed by atoms with E-state index in [0.29, 0.717) is 6.54 Å². The summed E-state index contributed by atoms with van der Waals surface area (Å²) in [5.41, 5.74) is 4.40. The van der Waals surface area contributed by atoms with Crippen molar-refractivity contribution >= 4 is 29.9 Å². The number of nitrogens with zero attached hydrogens (tertiary/aromatic N) is 3. The van der Waals surface area contributed by atoms with E-state index >= 15 is 0 Å². The number of aliphatic imine (C=N–C) groups is 1. The molecule has 0 aliphatic rings. The number of rotatable bonds is 6. The van der Waals surface area contributed by atoms with Crippen molar-refractivity contribution < 1.29 is 4.42 Å². The Hall–Kier alpha value is -2.29. The van der Waals surface area contributed by atoms with E-state index in [9.17, 15) is 0 Å². The van der Waals surface area contributed by atoms with Gasteiger partial charge in [-0.3, -0.25) is 4.99 Å². The molecule has 3 rings (SSSR count). The van der Waals surface area contributed by atoms with Crippen molar-refractivity contribution in [3.8, 4) is 5.69 Å². The number of para-hydroxylation sites is 1. The minimum atomic E-state index is 0. The second kappa shape index (κ2) is 10.1. The average molecular weight is 479 g/mol. The summed E-state index contributed by atoms with van der Waals surface area (Å²) >= 11 is 0. The summed E-state index contributed by atoms with van der Waals surface area (Å²) in [7, 11) is 1.77. The summed E-state index contributed by atoms with van der Waals surface area (Å²) in [6.07, 6.45) is 2.51. The number of benzene rings is 1. The molecule has 0 atom stereocenters. The van der Waals surface area contributed by atoms with E-state index in [0.717, 1.165) is 41.8 Å². The number of nitrogens with one attached hydrogen (secondary N) is 2. The third-order valence-electron chi connectivity index (χ3n) is 4.34. The van der Waals surface area contributed by atoms with Crippen molar-refractivity contribution in [2.45, 2.75) is 26.8 Å². The molecule has 2 aromatic heterocycles. The van der Waals surface area contributed by atoms with Crippen LogP contribution in [0.5, 0.6) is 0 Å². The molecule has 0 bridgehead atoms. The van der Waals surface area contributed by atoms with Gasteiger partial charge in [-0.1, -0.05) is 18.2 Å². The fourth-order valence-electron chi connectivity index (χ4n) is 2.90. The third kappa shape index (κ3) is 5.35. The summed E-state index contributed by atoms with van der Waals surface area (Å²) < 4.78 is 7.33. The molecule has 27 heavy (non-hydrogen) atoms. The van der Waals surface area contributed by atoms with Crippen molar-refractivity contribution in [2.75, 3.05) is 13.6 Å². The van der Waals surface area contributed by atoms with Crippen LogP contribution in [0, 0.1) is 13.8 Å². The van der Waals surface area contributed by atoms with Gasteiger partial charge in [0.25, 0.3) is 0 Å². The van der Waals surface area contributed by atoms with E-state index in [4.69, 9.17) is 4.42 Å². The number of hydrogen-bond acceptors (Lipinski definition) is 3. The average Bonchev–Trinajstić information content (AvgIpc) is 3.27. The molecule has 7 heteroatoms. The molecule has 0 saturated carbocycles. The van der Waals surface area contributed by atoms with Gasteiger partial charge in [-0.05, 0) is 38.1 Å². The number of aryl methyl sites for hydroxylation is 1. The van der Waals surface area contributed by atoms with Gasteiger partial charge in [0, 0.05) is 37.8 Å². The lowest BCUT2D eigenvalue weighted by molar-refractivity contribution is 0.507. The highest BCUT2D eigenvalue weighted by Crippen LogP contribution is 2.17. The Kier molecular flexibility index (Phi) is 7.90. The van der Waals surface area contributed by atoms with Crippen LogP contribution in [-0.2, 0) is 13.0 Å². The predicted octanol–water partition coefficient (Wildman–Crippen LogP) is 3.61. The Balaban J connectivity index is 0.00000261. The summed E-state index contributed by atoms with van der Waals surface area (Å²) in [5.74, 6) is 1.73. The van der Waals surface area contributed by atoms with Crippen molar-refractivity contribution in [3.05, 3.63) is 71.4 Å². The Morgan fingerprint density at radius 3 is 2.56 bits per heavy atom. The fraction of sp³-hybridized carbons (Fsp3) is 0.300. The molecule has 0 spiro atoms. The van der Waals surface area contributed by atoms with Crippen LogP contribution in [0.25, 0.3) is 5.69 Å². The molecule has 6 nitrogen and oxygen atoms in total. The first kappa shape index (κ1) is 21.0. The summed E-state index contributed by atoms with van der Waals surface area (Å²) in [6.45, 7) is 5.56. The minimum Gasteiger partial charge on any atom is -0.469 e. The van der Waals surface area contributed by atoms with Gasteiger partial charge in [0.2, 0.25) is 0 Å². The molecule has 0 fully saturated rings. The first-order valence-corrected chi connectivity index (χ1v) is 8.76. The van der Waals surface area contributed by atoms with E-state index in [1.54, 1.807) is 13.3 Å². The first-order valence-electron chi connectivity index (χ1n) is 8.76. The zero-order chi connectivity index (χ0) is 18.4. The maximum absolute atomic E-state index is 5.34. The molecular weight excluding hydrogens is 453 g/mol. The van der Waals surface area contributed by atoms with Gasteiger partial charge in [0.15, 0.2) is 5.96 Å². The van der Waals surface area contributed by atoms with E-state index in [2.05, 4.69) is 39.8 Å². The molecule has 0 aliphatic heterocycles. The molecule has 2 N–H and O–H groups in total. The molecule has 2 heterocycles. The molecule has 0 unspecified atom stereocenters. The number of aromatic nitrogens is 2. The normalized spacial score (nSPS) is 11.1. The fourth-order valence-corrected chi connectivity index (χ4v) is 2.90. The number of furan rings is 1. The first-order chi connectivity index (χ1) is 12.7. The molecule has 0 amide bonds. The van der Waals surface area contributed by atoms with Crippen molar-refractivity contribution in [3.63, 3.8) is 0 Å². The van der Waals surface area contributed by atoms with Crippen LogP contribution in [0.3, 0.4) is 0 Å². The quantitative estimate of drug-likeness (QED) is 0.322. The Bertz CT molecular complexity index is 856. The van der Waals surface area contributed by atoms with Gasteiger partial charge in [-0.25, -0.2) is 4.68 Å². The molecule has 1 aromatic carbocycles. The SMILES string of the molecule is CN=C(NCCc1ccco1)NCc1c(C)nn(-c2ccccc2)c1C.I. The topological polar surface area (TPSA) is 67.4 Å². The zero-order valence-electron chi connectivity index (χ0n) is 15.9. The van der Waals surface area contributed by atoms with Crippen LogP contribution in [-0.4, -0.2) is 29.3 Å². The highest BCUT2D eigenvalue weighted by Gasteiger charge is 2.13. The molecule has 144 valence electrons. The van der Waals surface area contributed by atoms with Crippen LogP contribution in [0.15, 0.2) is 58.1 Å². The van der Waals surface area contributed by atoms with Crippen LogP contribution in [0.1, 0.15) is 22.7 Å². The number of hydrogen-bond donors (Lipinski definition) is 2. The molecule has 0 aliphatic carbocycles. The third-order valence-corrected chi connectivity index (χ3v) is 4.34. The van der Waals surface area contributed by atoms with Crippen molar-refractivity contribution in [1.29, 1.82) is 0 Å². The zero-order valence-corrected chi connectivity index (χ0v) is 18.2. The summed E-state index contributed by atoms with van der Waals surface area (Å²) in [5, 5.41) is 11.4. The van der Waals surface area contributed by atoms with Crippen LogP contribution in [0.2, 0.25) is 0 Å². The van der Waals surface area contributed by atoms with Crippen LogP contribution < -0.4 is 10.6 Å². The van der Waals surface area contributed by atoms with E-state index in [1.165, 1.54) is 5.56 Å². The van der Waals surface area contributed by atoms with E-state index < -0.39 is 0 Å². The molecule has 0 radical (unpaired) electrons. The maximum Gasteiger partial charge on any atom is 0.191 e. The lowest BCUT2D eigenvalue weighted by atomic mass is 10.2.